The molecule has 1 aromatic carbocycles. The van der Waals surface area contributed by atoms with E-state index in [4.69, 9.17) is 21.1 Å². The Morgan fingerprint density at radius 1 is 1.20 bits per heavy atom. The van der Waals surface area contributed by atoms with Crippen molar-refractivity contribution in [3.05, 3.63) is 22.2 Å². The monoisotopic (exact) mass is 292 g/mol. The number of halogens is 2. The molecule has 0 atom stereocenters. The Kier molecular flexibility index (Phi) is 5.26. The fourth-order valence-corrected chi connectivity index (χ4v) is 2.00. The Labute approximate surface area is 104 Å². The molecule has 1 aromatic rings. The second-order valence-electron chi connectivity index (χ2n) is 2.90. The van der Waals surface area contributed by atoms with Crippen LogP contribution >= 0.6 is 27.5 Å². The van der Waals surface area contributed by atoms with Crippen molar-refractivity contribution >= 4 is 27.5 Å². The first-order chi connectivity index (χ1) is 7.22. The number of ether oxygens (including phenoxy) is 2. The van der Waals surface area contributed by atoms with Crippen molar-refractivity contribution in [1.82, 2.24) is 0 Å². The number of hydrogen-bond donors (Lipinski definition) is 0. The summed E-state index contributed by atoms with van der Waals surface area (Å²) in [5.41, 5.74) is 1.01. The highest BCUT2D eigenvalue weighted by molar-refractivity contribution is 9.10. The Bertz CT molecular complexity index is 329. The Morgan fingerprint density at radius 3 is 2.40 bits per heavy atom. The summed E-state index contributed by atoms with van der Waals surface area (Å²) in [5, 5.41) is 0. The van der Waals surface area contributed by atoms with Gasteiger partial charge in [-0.3, -0.25) is 0 Å². The molecule has 0 spiro atoms. The highest BCUT2D eigenvalue weighted by atomic mass is 79.9. The van der Waals surface area contributed by atoms with Crippen LogP contribution in [0.5, 0.6) is 11.5 Å². The van der Waals surface area contributed by atoms with Crippen molar-refractivity contribution in [1.29, 1.82) is 0 Å². The van der Waals surface area contributed by atoms with Crippen LogP contribution in [0.2, 0.25) is 0 Å². The van der Waals surface area contributed by atoms with Gasteiger partial charge in [-0.05, 0) is 47.5 Å². The smallest absolute Gasteiger partial charge is 0.175 e. The molecule has 0 fully saturated rings. The summed E-state index contributed by atoms with van der Waals surface area (Å²) in [5.74, 6) is 1.95. The van der Waals surface area contributed by atoms with E-state index in [9.17, 15) is 0 Å². The SMILES string of the molecule is CCOc1cc(CCl)cc(Br)c1OCC. The predicted octanol–water partition coefficient (Wildman–Crippen LogP) is 3.99. The van der Waals surface area contributed by atoms with E-state index in [1.165, 1.54) is 0 Å². The topological polar surface area (TPSA) is 18.5 Å². The minimum atomic E-state index is 0.463. The van der Waals surface area contributed by atoms with Crippen molar-refractivity contribution in [3.63, 3.8) is 0 Å². The van der Waals surface area contributed by atoms with Crippen LogP contribution in [-0.4, -0.2) is 13.2 Å². The summed E-state index contributed by atoms with van der Waals surface area (Å²) in [6, 6.07) is 3.85. The lowest BCUT2D eigenvalue weighted by atomic mass is 10.2. The zero-order chi connectivity index (χ0) is 11.3. The van der Waals surface area contributed by atoms with Gasteiger partial charge >= 0.3 is 0 Å². The fourth-order valence-electron chi connectivity index (χ4n) is 1.25. The maximum Gasteiger partial charge on any atom is 0.175 e. The van der Waals surface area contributed by atoms with Crippen LogP contribution < -0.4 is 9.47 Å². The van der Waals surface area contributed by atoms with Gasteiger partial charge in [0.05, 0.1) is 17.7 Å². The molecule has 2 nitrogen and oxygen atoms in total. The van der Waals surface area contributed by atoms with E-state index >= 15 is 0 Å². The number of benzene rings is 1. The fraction of sp³-hybridized carbons (Fsp3) is 0.455. The first-order valence-electron chi connectivity index (χ1n) is 4.86. The Morgan fingerprint density at radius 2 is 1.87 bits per heavy atom. The molecule has 0 aromatic heterocycles. The van der Waals surface area contributed by atoms with Crippen molar-refractivity contribution in [2.45, 2.75) is 19.7 Å². The molecule has 0 aliphatic carbocycles. The lowest BCUT2D eigenvalue weighted by molar-refractivity contribution is 0.286. The third-order valence-electron chi connectivity index (χ3n) is 1.81. The van der Waals surface area contributed by atoms with Gasteiger partial charge in [0.15, 0.2) is 11.5 Å². The van der Waals surface area contributed by atoms with Crippen molar-refractivity contribution < 1.29 is 9.47 Å². The van der Waals surface area contributed by atoms with E-state index in [-0.39, 0.29) is 0 Å². The van der Waals surface area contributed by atoms with E-state index in [0.717, 1.165) is 21.5 Å². The number of alkyl halides is 1. The van der Waals surface area contributed by atoms with Gasteiger partial charge in [0.1, 0.15) is 0 Å². The molecule has 0 saturated carbocycles. The van der Waals surface area contributed by atoms with Crippen LogP contribution in [0, 0.1) is 0 Å². The molecule has 0 bridgehead atoms. The molecule has 0 aliphatic rings. The van der Waals surface area contributed by atoms with Gasteiger partial charge in [-0.25, -0.2) is 0 Å². The number of rotatable bonds is 5. The number of hydrogen-bond acceptors (Lipinski definition) is 2. The minimum Gasteiger partial charge on any atom is -0.490 e. The average Bonchev–Trinajstić information content (AvgIpc) is 2.23. The molecular formula is C11H14BrClO2. The molecule has 0 N–H and O–H groups in total. The van der Waals surface area contributed by atoms with E-state index in [0.29, 0.717) is 19.1 Å². The molecule has 15 heavy (non-hydrogen) atoms. The summed E-state index contributed by atoms with van der Waals surface area (Å²) in [7, 11) is 0. The quantitative estimate of drug-likeness (QED) is 0.764. The second-order valence-corrected chi connectivity index (χ2v) is 4.03. The molecule has 0 aliphatic heterocycles. The van der Waals surface area contributed by atoms with E-state index in [1.807, 2.05) is 26.0 Å². The highest BCUT2D eigenvalue weighted by Gasteiger charge is 2.11. The first-order valence-corrected chi connectivity index (χ1v) is 6.19. The van der Waals surface area contributed by atoms with E-state index in [2.05, 4.69) is 15.9 Å². The molecule has 0 saturated heterocycles. The normalized spacial score (nSPS) is 10.1. The molecule has 0 amide bonds. The summed E-state index contributed by atoms with van der Waals surface area (Å²) >= 11 is 9.23. The van der Waals surface area contributed by atoms with Gasteiger partial charge in [-0.1, -0.05) is 0 Å². The maximum absolute atomic E-state index is 5.78. The van der Waals surface area contributed by atoms with Gasteiger partial charge < -0.3 is 9.47 Å². The van der Waals surface area contributed by atoms with Gasteiger partial charge in [-0.2, -0.15) is 0 Å². The van der Waals surface area contributed by atoms with Crippen LogP contribution in [0.1, 0.15) is 19.4 Å². The molecule has 4 heteroatoms. The molecule has 1 rings (SSSR count). The zero-order valence-electron chi connectivity index (χ0n) is 8.85. The Balaban J connectivity index is 3.10. The standard InChI is InChI=1S/C11H14BrClO2/c1-3-14-10-6-8(7-13)5-9(12)11(10)15-4-2/h5-6H,3-4,7H2,1-2H3. The van der Waals surface area contributed by atoms with Gasteiger partial charge in [0.25, 0.3) is 0 Å². The lowest BCUT2D eigenvalue weighted by Crippen LogP contribution is -2.00. The van der Waals surface area contributed by atoms with Gasteiger partial charge in [0, 0.05) is 5.88 Å². The summed E-state index contributed by atoms with van der Waals surface area (Å²) in [4.78, 5) is 0. The molecular weight excluding hydrogens is 279 g/mol. The van der Waals surface area contributed by atoms with Crippen molar-refractivity contribution in [3.8, 4) is 11.5 Å². The predicted molar refractivity (Wildman–Crippen MR) is 66.0 cm³/mol. The molecule has 0 heterocycles. The zero-order valence-corrected chi connectivity index (χ0v) is 11.2. The second kappa shape index (κ2) is 6.23. The average molecular weight is 294 g/mol. The summed E-state index contributed by atoms with van der Waals surface area (Å²) in [6.07, 6.45) is 0. The summed E-state index contributed by atoms with van der Waals surface area (Å²) in [6.45, 7) is 5.10. The third kappa shape index (κ3) is 3.28. The Hall–Kier alpha value is -0.410. The van der Waals surface area contributed by atoms with Crippen LogP contribution in [-0.2, 0) is 5.88 Å². The first kappa shape index (κ1) is 12.7. The third-order valence-corrected chi connectivity index (χ3v) is 2.71. The minimum absolute atomic E-state index is 0.463. The van der Waals surface area contributed by atoms with E-state index in [1.54, 1.807) is 0 Å². The largest absolute Gasteiger partial charge is 0.490 e. The van der Waals surface area contributed by atoms with Crippen LogP contribution in [0.4, 0.5) is 0 Å². The molecule has 84 valence electrons. The van der Waals surface area contributed by atoms with Gasteiger partial charge in [0.2, 0.25) is 0 Å². The van der Waals surface area contributed by atoms with Crippen molar-refractivity contribution in [2.24, 2.45) is 0 Å². The molecule has 0 radical (unpaired) electrons. The highest BCUT2D eigenvalue weighted by Crippen LogP contribution is 2.37. The van der Waals surface area contributed by atoms with Crippen LogP contribution in [0.25, 0.3) is 0 Å². The summed E-state index contributed by atoms with van der Waals surface area (Å²) < 4.78 is 11.9. The molecule has 0 unspecified atom stereocenters. The van der Waals surface area contributed by atoms with Crippen LogP contribution in [0.3, 0.4) is 0 Å². The van der Waals surface area contributed by atoms with E-state index < -0.39 is 0 Å². The van der Waals surface area contributed by atoms with Crippen molar-refractivity contribution in [2.75, 3.05) is 13.2 Å². The maximum atomic E-state index is 5.78. The lowest BCUT2D eigenvalue weighted by Gasteiger charge is -2.13. The van der Waals surface area contributed by atoms with Crippen LogP contribution in [0.15, 0.2) is 16.6 Å². The van der Waals surface area contributed by atoms with Gasteiger partial charge in [-0.15, -0.1) is 11.6 Å².